The Labute approximate surface area is 143 Å². The molecule has 3 rings (SSSR count). The van der Waals surface area contributed by atoms with Crippen LogP contribution in [0.2, 0.25) is 0 Å². The van der Waals surface area contributed by atoms with Crippen LogP contribution in [0.15, 0.2) is 30.6 Å². The van der Waals surface area contributed by atoms with E-state index >= 15 is 0 Å². The van der Waals surface area contributed by atoms with Crippen molar-refractivity contribution in [2.45, 2.75) is 18.6 Å². The number of carbonyl (C=O) groups is 1. The minimum Gasteiger partial charge on any atom is -0.445 e. The number of likely N-dealkylation sites (tertiary alicyclic amines) is 1. The van der Waals surface area contributed by atoms with E-state index < -0.39 is 22.3 Å². The quantitative estimate of drug-likeness (QED) is 0.588. The lowest BCUT2D eigenvalue weighted by Gasteiger charge is -2.23. The number of thiazole rings is 1. The monoisotopic (exact) mass is 371 g/mol. The minimum atomic E-state index is -3.61. The average Bonchev–Trinajstić information content (AvgIpc) is 3.17. The first-order valence-electron chi connectivity index (χ1n) is 7.21. The molecular weight excluding hydrogens is 354 g/mol. The van der Waals surface area contributed by atoms with Crippen LogP contribution < -0.4 is 0 Å². The summed E-state index contributed by atoms with van der Waals surface area (Å²) in [6.07, 6.45) is 5.09. The molecule has 2 aromatic rings. The number of aromatic nitrogens is 2. The van der Waals surface area contributed by atoms with Gasteiger partial charge in [-0.15, -0.1) is 11.3 Å². The fraction of sp³-hybridized carbons (Fsp3) is 0.429. The summed E-state index contributed by atoms with van der Waals surface area (Å²) >= 11 is 1.50. The molecule has 0 aromatic carbocycles. The van der Waals surface area contributed by atoms with Gasteiger partial charge in [0.2, 0.25) is 0 Å². The standard InChI is InChI=1S/C14H17N3O5S2/c1-3-4-21-14(18)16-7-10(22-24(2,19)20)5-11(16)12-8-23-13-6-15-9-17(12)13/h3,6,8-11H,1,4-5,7H2,2H3/t10-,11+/m1/s1. The molecule has 0 N–H and O–H groups in total. The Hall–Kier alpha value is -1.91. The summed E-state index contributed by atoms with van der Waals surface area (Å²) in [5.74, 6) is 0. The van der Waals surface area contributed by atoms with Crippen molar-refractivity contribution in [2.75, 3.05) is 19.4 Å². The van der Waals surface area contributed by atoms with Crippen molar-refractivity contribution in [3.8, 4) is 0 Å². The van der Waals surface area contributed by atoms with Crippen LogP contribution in [0.25, 0.3) is 4.83 Å². The summed E-state index contributed by atoms with van der Waals surface area (Å²) in [7, 11) is -3.61. The van der Waals surface area contributed by atoms with E-state index in [0.717, 1.165) is 16.8 Å². The normalized spacial score (nSPS) is 21.3. The zero-order chi connectivity index (χ0) is 17.3. The molecule has 1 fully saturated rings. The molecule has 1 aliphatic heterocycles. The molecule has 1 amide bonds. The van der Waals surface area contributed by atoms with Crippen molar-refractivity contribution in [1.82, 2.24) is 14.3 Å². The highest BCUT2D eigenvalue weighted by atomic mass is 32.2. The predicted molar refractivity (Wildman–Crippen MR) is 88.4 cm³/mol. The van der Waals surface area contributed by atoms with Gasteiger partial charge in [-0.05, 0) is 0 Å². The van der Waals surface area contributed by atoms with Gasteiger partial charge in [-0.25, -0.2) is 9.78 Å². The number of rotatable bonds is 5. The Bertz CT molecular complexity index is 857. The highest BCUT2D eigenvalue weighted by Gasteiger charge is 2.40. The van der Waals surface area contributed by atoms with E-state index in [1.165, 1.54) is 22.3 Å². The van der Waals surface area contributed by atoms with Crippen LogP contribution in [-0.2, 0) is 19.0 Å². The molecule has 130 valence electrons. The first-order valence-corrected chi connectivity index (χ1v) is 9.90. The van der Waals surface area contributed by atoms with Gasteiger partial charge in [-0.3, -0.25) is 13.5 Å². The first-order chi connectivity index (χ1) is 11.4. The number of ether oxygens (including phenoxy) is 1. The first kappa shape index (κ1) is 16.9. The van der Waals surface area contributed by atoms with Gasteiger partial charge in [0.1, 0.15) is 17.8 Å². The molecule has 3 heterocycles. The van der Waals surface area contributed by atoms with Crippen LogP contribution >= 0.6 is 11.3 Å². The van der Waals surface area contributed by atoms with Crippen LogP contribution in [0.3, 0.4) is 0 Å². The third-order valence-corrected chi connectivity index (χ3v) is 5.18. The molecule has 0 radical (unpaired) electrons. The lowest BCUT2D eigenvalue weighted by atomic mass is 10.1. The van der Waals surface area contributed by atoms with E-state index in [2.05, 4.69) is 11.6 Å². The second-order valence-corrected chi connectivity index (χ2v) is 7.94. The zero-order valence-corrected chi connectivity index (χ0v) is 14.6. The number of carbonyl (C=O) groups excluding carboxylic acids is 1. The van der Waals surface area contributed by atoms with E-state index in [4.69, 9.17) is 8.92 Å². The van der Waals surface area contributed by atoms with Crippen LogP contribution in [0.5, 0.6) is 0 Å². The number of fused-ring (bicyclic) bond motifs is 1. The molecule has 1 saturated heterocycles. The summed E-state index contributed by atoms with van der Waals surface area (Å²) in [6, 6.07) is -0.350. The van der Waals surface area contributed by atoms with E-state index in [9.17, 15) is 13.2 Å². The molecule has 0 spiro atoms. The van der Waals surface area contributed by atoms with Gasteiger partial charge in [-0.1, -0.05) is 12.7 Å². The summed E-state index contributed by atoms with van der Waals surface area (Å²) in [5, 5.41) is 1.93. The number of amides is 1. The molecule has 24 heavy (non-hydrogen) atoms. The second kappa shape index (κ2) is 6.54. The Morgan fingerprint density at radius 3 is 3.08 bits per heavy atom. The van der Waals surface area contributed by atoms with Gasteiger partial charge < -0.3 is 4.74 Å². The number of imidazole rings is 1. The third-order valence-electron chi connectivity index (χ3n) is 3.66. The Balaban J connectivity index is 1.89. The van der Waals surface area contributed by atoms with Crippen molar-refractivity contribution >= 4 is 32.4 Å². The number of nitrogens with zero attached hydrogens (tertiary/aromatic N) is 3. The van der Waals surface area contributed by atoms with Gasteiger partial charge in [0, 0.05) is 11.8 Å². The summed E-state index contributed by atoms with van der Waals surface area (Å²) in [6.45, 7) is 3.74. The Morgan fingerprint density at radius 1 is 1.58 bits per heavy atom. The van der Waals surface area contributed by atoms with Crippen molar-refractivity contribution < 1.29 is 22.1 Å². The highest BCUT2D eigenvalue weighted by Crippen LogP contribution is 2.36. The maximum Gasteiger partial charge on any atom is 0.410 e. The van der Waals surface area contributed by atoms with E-state index in [1.54, 1.807) is 12.5 Å². The molecule has 0 aliphatic carbocycles. The topological polar surface area (TPSA) is 90.2 Å². The van der Waals surface area contributed by atoms with Crippen LogP contribution in [0.1, 0.15) is 18.2 Å². The predicted octanol–water partition coefficient (Wildman–Crippen LogP) is 1.81. The largest absolute Gasteiger partial charge is 0.445 e. The number of hydrogen-bond acceptors (Lipinski definition) is 7. The van der Waals surface area contributed by atoms with Crippen molar-refractivity contribution in [1.29, 1.82) is 0 Å². The van der Waals surface area contributed by atoms with E-state index in [-0.39, 0.29) is 19.2 Å². The summed E-state index contributed by atoms with van der Waals surface area (Å²) < 4.78 is 34.9. The van der Waals surface area contributed by atoms with Gasteiger partial charge in [0.15, 0.2) is 0 Å². The molecule has 0 saturated carbocycles. The zero-order valence-electron chi connectivity index (χ0n) is 13.0. The summed E-state index contributed by atoms with van der Waals surface area (Å²) in [5.41, 5.74) is 0.850. The van der Waals surface area contributed by atoms with Gasteiger partial charge in [-0.2, -0.15) is 8.42 Å². The molecule has 1 aliphatic rings. The SMILES string of the molecule is C=CCOC(=O)N1C[C@H](OS(C)(=O)=O)C[C@H]1c1csc2cncn12. The van der Waals surface area contributed by atoms with Gasteiger partial charge in [0.25, 0.3) is 10.1 Å². The van der Waals surface area contributed by atoms with Crippen LogP contribution in [-0.4, -0.2) is 54.3 Å². The van der Waals surface area contributed by atoms with Gasteiger partial charge in [0.05, 0.1) is 36.8 Å². The Morgan fingerprint density at radius 2 is 2.38 bits per heavy atom. The Kier molecular flexibility index (Phi) is 4.61. The molecule has 8 nitrogen and oxygen atoms in total. The molecule has 2 atom stereocenters. The third kappa shape index (κ3) is 3.45. The van der Waals surface area contributed by atoms with Crippen molar-refractivity contribution in [3.05, 3.63) is 36.3 Å². The lowest BCUT2D eigenvalue weighted by molar-refractivity contribution is 0.104. The minimum absolute atomic E-state index is 0.0871. The highest BCUT2D eigenvalue weighted by molar-refractivity contribution is 7.86. The fourth-order valence-electron chi connectivity index (χ4n) is 2.79. The fourth-order valence-corrected chi connectivity index (χ4v) is 4.32. The lowest BCUT2D eigenvalue weighted by Crippen LogP contribution is -2.33. The molecule has 0 bridgehead atoms. The van der Waals surface area contributed by atoms with E-state index in [0.29, 0.717) is 6.42 Å². The van der Waals surface area contributed by atoms with Crippen LogP contribution in [0.4, 0.5) is 4.79 Å². The molecule has 2 aromatic heterocycles. The molecular formula is C14H17N3O5S2. The summed E-state index contributed by atoms with van der Waals surface area (Å²) in [4.78, 5) is 18.8. The molecule has 10 heteroatoms. The second-order valence-electron chi connectivity index (χ2n) is 5.45. The average molecular weight is 371 g/mol. The maximum absolute atomic E-state index is 12.3. The van der Waals surface area contributed by atoms with Crippen LogP contribution in [0, 0.1) is 0 Å². The number of hydrogen-bond donors (Lipinski definition) is 0. The maximum atomic E-state index is 12.3. The smallest absolute Gasteiger partial charge is 0.410 e. The van der Waals surface area contributed by atoms with Crippen molar-refractivity contribution in [2.24, 2.45) is 0 Å². The van der Waals surface area contributed by atoms with E-state index in [1.807, 2.05) is 9.78 Å². The van der Waals surface area contributed by atoms with Crippen molar-refractivity contribution in [3.63, 3.8) is 0 Å². The molecule has 0 unspecified atom stereocenters. The van der Waals surface area contributed by atoms with Gasteiger partial charge >= 0.3 is 6.09 Å².